The third kappa shape index (κ3) is 4.33. The second-order valence-corrected chi connectivity index (χ2v) is 9.89. The van der Waals surface area contributed by atoms with Crippen LogP contribution in [0.3, 0.4) is 0 Å². The molecule has 0 saturated carbocycles. The van der Waals surface area contributed by atoms with Crippen molar-refractivity contribution in [2.75, 3.05) is 18.7 Å². The highest BCUT2D eigenvalue weighted by molar-refractivity contribution is 7.93. The second-order valence-electron chi connectivity index (χ2n) is 6.36. The topological polar surface area (TPSA) is 162 Å². The summed E-state index contributed by atoms with van der Waals surface area (Å²) in [7, 11) is -7.30. The van der Waals surface area contributed by atoms with Crippen LogP contribution in [0.1, 0.15) is 11.3 Å². The minimum Gasteiger partial charge on any atom is -0.481 e. The van der Waals surface area contributed by atoms with Crippen LogP contribution in [0.4, 0.5) is 10.7 Å². The van der Waals surface area contributed by atoms with Gasteiger partial charge in [0.1, 0.15) is 5.65 Å². The number of sulfonamides is 1. The molecule has 0 aliphatic rings. The Kier molecular flexibility index (Phi) is 5.38. The Balaban J connectivity index is 2.01. The molecule has 3 aromatic heterocycles. The molecule has 160 valence electrons. The van der Waals surface area contributed by atoms with Crippen LogP contribution in [0.2, 0.25) is 0 Å². The number of sulfone groups is 1. The lowest BCUT2D eigenvalue weighted by Crippen LogP contribution is -2.36. The summed E-state index contributed by atoms with van der Waals surface area (Å²) in [5.74, 6) is -0.0332. The van der Waals surface area contributed by atoms with Crippen LogP contribution in [0, 0.1) is 13.8 Å². The first-order valence-corrected chi connectivity index (χ1v) is 11.7. The molecule has 0 atom stereocenters. The van der Waals surface area contributed by atoms with Gasteiger partial charge in [-0.2, -0.15) is 13.4 Å². The number of amides is 2. The molecule has 0 saturated heterocycles. The number of aromatic nitrogens is 4. The van der Waals surface area contributed by atoms with Crippen LogP contribution in [0.5, 0.6) is 5.88 Å². The van der Waals surface area contributed by atoms with Crippen molar-refractivity contribution in [3.05, 3.63) is 35.7 Å². The lowest BCUT2D eigenvalue weighted by Gasteiger charge is -2.10. The van der Waals surface area contributed by atoms with E-state index in [-0.39, 0.29) is 17.5 Å². The van der Waals surface area contributed by atoms with Gasteiger partial charge in [-0.3, -0.25) is 9.72 Å². The zero-order valence-electron chi connectivity index (χ0n) is 16.4. The Bertz CT molecular complexity index is 1360. The van der Waals surface area contributed by atoms with E-state index in [9.17, 15) is 21.6 Å². The van der Waals surface area contributed by atoms with E-state index in [0.29, 0.717) is 11.3 Å². The van der Waals surface area contributed by atoms with Gasteiger partial charge in [0.05, 0.1) is 7.11 Å². The number of aryl methyl sites for hydroxylation is 2. The van der Waals surface area contributed by atoms with Crippen LogP contribution < -0.4 is 14.8 Å². The number of carbonyl (C=O) groups is 1. The van der Waals surface area contributed by atoms with Crippen molar-refractivity contribution in [3.63, 3.8) is 0 Å². The fourth-order valence-corrected chi connectivity index (χ4v) is 5.12. The molecule has 0 aliphatic heterocycles. The number of imidazole rings is 1. The molecule has 2 N–H and O–H groups in total. The summed E-state index contributed by atoms with van der Waals surface area (Å²) in [5, 5.41) is 0.825. The van der Waals surface area contributed by atoms with Crippen molar-refractivity contribution in [1.29, 1.82) is 0 Å². The van der Waals surface area contributed by atoms with Crippen LogP contribution in [-0.4, -0.2) is 55.6 Å². The number of nitrogens with one attached hydrogen (secondary N) is 2. The number of hydrogen-bond acceptors (Lipinski definition) is 9. The van der Waals surface area contributed by atoms with Gasteiger partial charge in [-0.15, -0.1) is 0 Å². The van der Waals surface area contributed by atoms with Gasteiger partial charge in [0.2, 0.25) is 11.8 Å². The number of urea groups is 1. The van der Waals surface area contributed by atoms with Gasteiger partial charge in [-0.25, -0.2) is 27.9 Å². The zero-order valence-corrected chi connectivity index (χ0v) is 18.0. The van der Waals surface area contributed by atoms with Crippen molar-refractivity contribution in [2.45, 2.75) is 23.9 Å². The number of methoxy groups -OCH3 is 1. The highest BCUT2D eigenvalue weighted by Gasteiger charge is 2.32. The average molecular weight is 454 g/mol. The van der Waals surface area contributed by atoms with Crippen molar-refractivity contribution < 1.29 is 26.4 Å². The molecule has 2 amide bonds. The van der Waals surface area contributed by atoms with E-state index < -0.39 is 35.9 Å². The van der Waals surface area contributed by atoms with E-state index in [2.05, 4.69) is 20.3 Å². The maximum absolute atomic E-state index is 12.9. The molecule has 3 aromatic rings. The summed E-state index contributed by atoms with van der Waals surface area (Å²) in [6, 6.07) is 3.44. The van der Waals surface area contributed by atoms with Gasteiger partial charge in [0.25, 0.3) is 10.0 Å². The molecule has 12 nitrogen and oxygen atoms in total. The number of pyridine rings is 1. The molecular formula is C16H18N6O6S2. The smallest absolute Gasteiger partial charge is 0.335 e. The second kappa shape index (κ2) is 7.53. The number of ether oxygens (including phenoxy) is 1. The molecule has 30 heavy (non-hydrogen) atoms. The Morgan fingerprint density at radius 3 is 2.43 bits per heavy atom. The molecule has 0 unspecified atom stereocenters. The third-order valence-corrected chi connectivity index (χ3v) is 6.26. The molecule has 14 heteroatoms. The third-order valence-electron chi connectivity index (χ3n) is 3.79. The Hall–Kier alpha value is -3.26. The van der Waals surface area contributed by atoms with Gasteiger partial charge in [0, 0.05) is 24.2 Å². The zero-order chi connectivity index (χ0) is 22.3. The lowest BCUT2D eigenvalue weighted by molar-refractivity contribution is 0.256. The molecule has 0 spiro atoms. The van der Waals surface area contributed by atoms with Crippen molar-refractivity contribution in [2.24, 2.45) is 0 Å². The first kappa shape index (κ1) is 21.4. The normalized spacial score (nSPS) is 12.0. The highest BCUT2D eigenvalue weighted by Crippen LogP contribution is 2.23. The number of fused-ring (bicyclic) bond motifs is 1. The maximum Gasteiger partial charge on any atom is 0.335 e. The number of carbonyl (C=O) groups excluding carboxylic acids is 1. The molecule has 3 heterocycles. The summed E-state index contributed by atoms with van der Waals surface area (Å²) in [4.78, 5) is 24.0. The summed E-state index contributed by atoms with van der Waals surface area (Å²) >= 11 is 0. The summed E-state index contributed by atoms with van der Waals surface area (Å²) in [6.07, 6.45) is 2.23. The van der Waals surface area contributed by atoms with Gasteiger partial charge >= 0.3 is 6.03 Å². The Labute approximate surface area is 172 Å². The largest absolute Gasteiger partial charge is 0.481 e. The van der Waals surface area contributed by atoms with Gasteiger partial charge in [-0.05, 0) is 25.5 Å². The quantitative estimate of drug-likeness (QED) is 0.564. The molecule has 0 radical (unpaired) electrons. The Morgan fingerprint density at radius 2 is 1.80 bits per heavy atom. The van der Waals surface area contributed by atoms with E-state index in [1.54, 1.807) is 24.6 Å². The molecule has 0 fully saturated rings. The lowest BCUT2D eigenvalue weighted by atomic mass is 10.3. The SMILES string of the molecule is COc1cc(C)nc(NC(=O)NS(=O)(=O)c2c(S(C)(=O)=O)nc3ccc(C)cn23)n1. The first-order valence-electron chi connectivity index (χ1n) is 8.33. The van der Waals surface area contributed by atoms with E-state index in [1.165, 1.54) is 25.4 Å². The fraction of sp³-hybridized carbons (Fsp3) is 0.250. The highest BCUT2D eigenvalue weighted by atomic mass is 32.2. The average Bonchev–Trinajstić information content (AvgIpc) is 3.00. The molecular weight excluding hydrogens is 436 g/mol. The van der Waals surface area contributed by atoms with Crippen LogP contribution in [0.25, 0.3) is 5.65 Å². The Morgan fingerprint density at radius 1 is 1.10 bits per heavy atom. The number of nitrogens with zero attached hydrogens (tertiary/aromatic N) is 4. The minimum atomic E-state index is -4.65. The van der Waals surface area contributed by atoms with Gasteiger partial charge < -0.3 is 4.74 Å². The minimum absolute atomic E-state index is 0.0913. The molecule has 3 rings (SSSR count). The standard InChI is InChI=1S/C16H18N6O6S2/c1-9-5-6-11-18-13(29(4,24)25)14(22(11)8-9)30(26,27)21-16(23)20-15-17-10(2)7-12(19-15)28-3/h5-8H,1-4H3,(H2,17,19,20,21,23). The monoisotopic (exact) mass is 454 g/mol. The van der Waals surface area contributed by atoms with Crippen molar-refractivity contribution in [3.8, 4) is 5.88 Å². The summed E-state index contributed by atoms with van der Waals surface area (Å²) in [5.41, 5.74) is 1.21. The van der Waals surface area contributed by atoms with E-state index >= 15 is 0 Å². The maximum atomic E-state index is 12.9. The summed E-state index contributed by atoms with van der Waals surface area (Å²) < 4.78 is 57.9. The van der Waals surface area contributed by atoms with E-state index in [1.807, 2.05) is 0 Å². The molecule has 0 aliphatic carbocycles. The van der Waals surface area contributed by atoms with Crippen molar-refractivity contribution >= 4 is 37.5 Å². The van der Waals surface area contributed by atoms with Gasteiger partial charge in [0.15, 0.2) is 19.9 Å². The van der Waals surface area contributed by atoms with Crippen LogP contribution in [-0.2, 0) is 19.9 Å². The number of anilines is 1. The fourth-order valence-electron chi connectivity index (χ4n) is 2.59. The molecule has 0 bridgehead atoms. The van der Waals surface area contributed by atoms with E-state index in [4.69, 9.17) is 4.74 Å². The predicted octanol–water partition coefficient (Wildman–Crippen LogP) is 0.664. The molecule has 0 aromatic carbocycles. The predicted molar refractivity (Wildman–Crippen MR) is 106 cm³/mol. The van der Waals surface area contributed by atoms with E-state index in [0.717, 1.165) is 10.7 Å². The number of rotatable bonds is 5. The first-order chi connectivity index (χ1) is 13.9. The van der Waals surface area contributed by atoms with Gasteiger partial charge in [-0.1, -0.05) is 6.07 Å². The van der Waals surface area contributed by atoms with Crippen molar-refractivity contribution in [1.82, 2.24) is 24.1 Å². The number of hydrogen-bond donors (Lipinski definition) is 2. The summed E-state index contributed by atoms with van der Waals surface area (Å²) in [6.45, 7) is 3.32. The van der Waals surface area contributed by atoms with Crippen LogP contribution in [0.15, 0.2) is 34.4 Å². The van der Waals surface area contributed by atoms with Crippen LogP contribution >= 0.6 is 0 Å².